The van der Waals surface area contributed by atoms with Crippen molar-refractivity contribution in [3.63, 3.8) is 0 Å². The number of aromatic nitrogens is 3. The third-order valence-corrected chi connectivity index (χ3v) is 2.34. The molecule has 0 bridgehead atoms. The predicted octanol–water partition coefficient (Wildman–Crippen LogP) is 2.10. The average molecular weight is 252 g/mol. The van der Waals surface area contributed by atoms with Gasteiger partial charge in [-0.1, -0.05) is 11.6 Å². The first-order valence-electron chi connectivity index (χ1n) is 5.03. The number of imidazole rings is 1. The third kappa shape index (κ3) is 2.45. The molecule has 0 radical (unpaired) electrons. The highest BCUT2D eigenvalue weighted by atomic mass is 35.5. The van der Waals surface area contributed by atoms with E-state index in [1.807, 2.05) is 0 Å². The maximum atomic E-state index is 11.6. The van der Waals surface area contributed by atoms with E-state index in [1.165, 1.54) is 12.5 Å². The summed E-state index contributed by atoms with van der Waals surface area (Å²) in [7, 11) is 0. The molecule has 6 heteroatoms. The average Bonchev–Trinajstić information content (AvgIpc) is 2.79. The van der Waals surface area contributed by atoms with Crippen molar-refractivity contribution < 1.29 is 9.53 Å². The van der Waals surface area contributed by atoms with Gasteiger partial charge in [-0.15, -0.1) is 0 Å². The molecule has 0 amide bonds. The van der Waals surface area contributed by atoms with Gasteiger partial charge in [-0.3, -0.25) is 4.57 Å². The Balaban J connectivity index is 2.36. The Hall–Kier alpha value is -1.88. The molecule has 17 heavy (non-hydrogen) atoms. The molecule has 2 aromatic heterocycles. The summed E-state index contributed by atoms with van der Waals surface area (Å²) in [6.07, 6.45) is 4.54. The largest absolute Gasteiger partial charge is 0.461 e. The lowest BCUT2D eigenvalue weighted by molar-refractivity contribution is 0.0517. The highest BCUT2D eigenvalue weighted by molar-refractivity contribution is 6.29. The second kappa shape index (κ2) is 4.97. The van der Waals surface area contributed by atoms with Crippen LogP contribution >= 0.6 is 11.6 Å². The van der Waals surface area contributed by atoms with Crippen LogP contribution in [0.25, 0.3) is 5.69 Å². The number of halogens is 1. The molecule has 0 atom stereocenters. The van der Waals surface area contributed by atoms with E-state index in [0.717, 1.165) is 0 Å². The van der Waals surface area contributed by atoms with Gasteiger partial charge in [-0.25, -0.2) is 14.8 Å². The SMILES string of the molecule is CCOC(=O)c1cncn1-c1ccc(Cl)nc1. The lowest BCUT2D eigenvalue weighted by Gasteiger charge is -2.06. The Morgan fingerprint density at radius 1 is 1.47 bits per heavy atom. The first-order valence-corrected chi connectivity index (χ1v) is 5.41. The summed E-state index contributed by atoms with van der Waals surface area (Å²) in [5.74, 6) is -0.417. The molecule has 5 nitrogen and oxygen atoms in total. The molecule has 0 fully saturated rings. The smallest absolute Gasteiger partial charge is 0.356 e. The topological polar surface area (TPSA) is 57.0 Å². The third-order valence-electron chi connectivity index (χ3n) is 2.11. The van der Waals surface area contributed by atoms with E-state index in [9.17, 15) is 4.79 Å². The molecule has 0 saturated carbocycles. The van der Waals surface area contributed by atoms with Crippen LogP contribution in [-0.2, 0) is 4.74 Å². The second-order valence-corrected chi connectivity index (χ2v) is 3.60. The minimum atomic E-state index is -0.417. The normalized spacial score (nSPS) is 10.2. The van der Waals surface area contributed by atoms with Crippen LogP contribution in [0.3, 0.4) is 0 Å². The van der Waals surface area contributed by atoms with E-state index in [1.54, 1.807) is 29.8 Å². The van der Waals surface area contributed by atoms with Gasteiger partial charge in [0.15, 0.2) is 5.69 Å². The first kappa shape index (κ1) is 11.6. The summed E-state index contributed by atoms with van der Waals surface area (Å²) in [6.45, 7) is 2.07. The monoisotopic (exact) mass is 251 g/mol. The van der Waals surface area contributed by atoms with E-state index >= 15 is 0 Å². The van der Waals surface area contributed by atoms with E-state index in [2.05, 4.69) is 9.97 Å². The number of hydrogen-bond acceptors (Lipinski definition) is 4. The molecule has 2 rings (SSSR count). The Bertz CT molecular complexity index is 522. The van der Waals surface area contributed by atoms with Crippen molar-refractivity contribution in [2.45, 2.75) is 6.92 Å². The quantitative estimate of drug-likeness (QED) is 0.619. The number of carbonyl (C=O) groups is 1. The number of ether oxygens (including phenoxy) is 1. The van der Waals surface area contributed by atoms with Crippen molar-refractivity contribution in [2.75, 3.05) is 6.61 Å². The molecule has 0 spiro atoms. The molecule has 0 aliphatic heterocycles. The summed E-state index contributed by atoms with van der Waals surface area (Å²) in [6, 6.07) is 3.39. The fourth-order valence-corrected chi connectivity index (χ4v) is 1.48. The summed E-state index contributed by atoms with van der Waals surface area (Å²) < 4.78 is 6.52. The van der Waals surface area contributed by atoms with Crippen molar-refractivity contribution in [1.82, 2.24) is 14.5 Å². The van der Waals surface area contributed by atoms with Gasteiger partial charge < -0.3 is 4.74 Å². The lowest BCUT2D eigenvalue weighted by atomic mass is 10.4. The summed E-state index contributed by atoms with van der Waals surface area (Å²) in [5, 5.41) is 0.395. The fraction of sp³-hybridized carbons (Fsp3) is 0.182. The lowest BCUT2D eigenvalue weighted by Crippen LogP contribution is -2.10. The molecule has 0 aliphatic rings. The number of nitrogens with zero attached hydrogens (tertiary/aromatic N) is 3. The summed E-state index contributed by atoms with van der Waals surface area (Å²) in [4.78, 5) is 19.5. The maximum Gasteiger partial charge on any atom is 0.356 e. The summed E-state index contributed by atoms with van der Waals surface area (Å²) >= 11 is 5.70. The second-order valence-electron chi connectivity index (χ2n) is 3.21. The molecule has 2 aromatic rings. The predicted molar refractivity (Wildman–Crippen MR) is 62.3 cm³/mol. The van der Waals surface area contributed by atoms with Gasteiger partial charge in [0.05, 0.1) is 31.0 Å². The van der Waals surface area contributed by atoms with Gasteiger partial charge in [-0.05, 0) is 19.1 Å². The van der Waals surface area contributed by atoms with Crippen LogP contribution in [0.15, 0.2) is 30.9 Å². The van der Waals surface area contributed by atoms with Gasteiger partial charge in [0.1, 0.15) is 5.15 Å². The zero-order valence-electron chi connectivity index (χ0n) is 9.13. The first-order chi connectivity index (χ1) is 8.22. The van der Waals surface area contributed by atoms with Crippen LogP contribution in [0.5, 0.6) is 0 Å². The van der Waals surface area contributed by atoms with Crippen LogP contribution in [-0.4, -0.2) is 27.1 Å². The van der Waals surface area contributed by atoms with Gasteiger partial charge in [-0.2, -0.15) is 0 Å². The maximum absolute atomic E-state index is 11.6. The Kier molecular flexibility index (Phi) is 3.39. The molecule has 88 valence electrons. The van der Waals surface area contributed by atoms with Crippen molar-refractivity contribution in [1.29, 1.82) is 0 Å². The van der Waals surface area contributed by atoms with Crippen LogP contribution < -0.4 is 0 Å². The molecular weight excluding hydrogens is 242 g/mol. The molecule has 0 unspecified atom stereocenters. The molecule has 0 aliphatic carbocycles. The molecule has 0 aromatic carbocycles. The van der Waals surface area contributed by atoms with Crippen molar-refractivity contribution in [2.24, 2.45) is 0 Å². The Morgan fingerprint density at radius 2 is 2.29 bits per heavy atom. The zero-order valence-corrected chi connectivity index (χ0v) is 9.89. The van der Waals surface area contributed by atoms with E-state index < -0.39 is 5.97 Å². The van der Waals surface area contributed by atoms with Crippen molar-refractivity contribution in [3.8, 4) is 5.69 Å². The van der Waals surface area contributed by atoms with Crippen LogP contribution in [0.4, 0.5) is 0 Å². The van der Waals surface area contributed by atoms with Gasteiger partial charge >= 0.3 is 5.97 Å². The van der Waals surface area contributed by atoms with Gasteiger partial charge in [0, 0.05) is 0 Å². The number of esters is 1. The van der Waals surface area contributed by atoms with Crippen LogP contribution in [0.2, 0.25) is 5.15 Å². The van der Waals surface area contributed by atoms with Crippen LogP contribution in [0, 0.1) is 0 Å². The van der Waals surface area contributed by atoms with Gasteiger partial charge in [0.25, 0.3) is 0 Å². The minimum absolute atomic E-state index is 0.322. The molecule has 0 saturated heterocycles. The fourth-order valence-electron chi connectivity index (χ4n) is 1.37. The van der Waals surface area contributed by atoms with Crippen molar-refractivity contribution >= 4 is 17.6 Å². The highest BCUT2D eigenvalue weighted by Gasteiger charge is 2.13. The number of carbonyl (C=O) groups excluding carboxylic acids is 1. The Morgan fingerprint density at radius 3 is 2.94 bits per heavy atom. The Labute approximate surface area is 103 Å². The van der Waals surface area contributed by atoms with Crippen molar-refractivity contribution in [3.05, 3.63) is 41.7 Å². The van der Waals surface area contributed by atoms with E-state index in [4.69, 9.17) is 16.3 Å². The number of hydrogen-bond donors (Lipinski definition) is 0. The molecular formula is C11H10ClN3O2. The van der Waals surface area contributed by atoms with Gasteiger partial charge in [0.2, 0.25) is 0 Å². The van der Waals surface area contributed by atoms with E-state index in [0.29, 0.717) is 23.1 Å². The molecule has 2 heterocycles. The molecule has 0 N–H and O–H groups in total. The number of rotatable bonds is 3. The van der Waals surface area contributed by atoms with Crippen LogP contribution in [0.1, 0.15) is 17.4 Å². The standard InChI is InChI=1S/C11H10ClN3O2/c1-2-17-11(16)9-6-13-7-15(9)8-3-4-10(12)14-5-8/h3-7H,2H2,1H3. The highest BCUT2D eigenvalue weighted by Crippen LogP contribution is 2.13. The number of pyridine rings is 1. The zero-order chi connectivity index (χ0) is 12.3. The van der Waals surface area contributed by atoms with E-state index in [-0.39, 0.29) is 0 Å². The summed E-state index contributed by atoms with van der Waals surface area (Å²) in [5.41, 5.74) is 1.06. The minimum Gasteiger partial charge on any atom is -0.461 e.